The Morgan fingerprint density at radius 1 is 0.912 bits per heavy atom. The van der Waals surface area contributed by atoms with Crippen LogP contribution in [0.1, 0.15) is 60.6 Å². The number of aliphatic imine (C=N–C) groups is 1. The van der Waals surface area contributed by atoms with E-state index in [1.165, 1.54) is 29.0 Å². The topological polar surface area (TPSA) is 28.1 Å². The molecule has 4 aromatic rings. The average molecular weight is 459 g/mol. The van der Waals surface area contributed by atoms with Crippen LogP contribution in [0.2, 0.25) is 0 Å². The minimum absolute atomic E-state index is 0.127. The molecule has 0 aliphatic rings. The molecule has 176 valence electrons. The second kappa shape index (κ2) is 10.3. The Labute approximate surface area is 200 Å². The molecule has 0 amide bonds. The van der Waals surface area contributed by atoms with Crippen LogP contribution in [0.3, 0.4) is 0 Å². The summed E-state index contributed by atoms with van der Waals surface area (Å²) < 4.78 is 28.7. The molecule has 0 aliphatic carbocycles. The van der Waals surface area contributed by atoms with Crippen LogP contribution in [0.25, 0.3) is 10.9 Å². The Hall–Kier alpha value is -3.27. The van der Waals surface area contributed by atoms with Gasteiger partial charge >= 0.3 is 0 Å². The molecular formula is C30H32F2N2. The molecule has 4 rings (SSSR count). The van der Waals surface area contributed by atoms with Gasteiger partial charge in [-0.15, -0.1) is 0 Å². The number of H-pyrrole nitrogens is 1. The van der Waals surface area contributed by atoms with E-state index in [1.54, 1.807) is 18.2 Å². The third-order valence-electron chi connectivity index (χ3n) is 6.59. The van der Waals surface area contributed by atoms with E-state index in [9.17, 15) is 8.78 Å². The number of halogens is 2. The van der Waals surface area contributed by atoms with Gasteiger partial charge < -0.3 is 4.98 Å². The number of aromatic nitrogens is 1. The minimum atomic E-state index is -2.80. The Bertz CT molecular complexity index is 1280. The van der Waals surface area contributed by atoms with Crippen molar-refractivity contribution < 1.29 is 8.78 Å². The highest BCUT2D eigenvalue weighted by atomic mass is 19.3. The molecule has 0 atom stereocenters. The van der Waals surface area contributed by atoms with Gasteiger partial charge in [0.15, 0.2) is 0 Å². The van der Waals surface area contributed by atoms with Crippen LogP contribution in [0, 0.1) is 0 Å². The van der Waals surface area contributed by atoms with E-state index >= 15 is 0 Å². The molecule has 3 aromatic carbocycles. The van der Waals surface area contributed by atoms with Crippen molar-refractivity contribution in [1.82, 2.24) is 4.98 Å². The molecule has 0 aliphatic heterocycles. The lowest BCUT2D eigenvalue weighted by molar-refractivity contribution is -0.00905. The SMILES string of the molecule is CCc1ccc2[nH]cc(CCN=C(C)c3ccc(Cc4ccccc4C(F)(F)CC)cc3)c2c1. The molecule has 34 heavy (non-hydrogen) atoms. The van der Waals surface area contributed by atoms with Crippen LogP contribution in [0.5, 0.6) is 0 Å². The summed E-state index contributed by atoms with van der Waals surface area (Å²) in [5, 5.41) is 1.28. The summed E-state index contributed by atoms with van der Waals surface area (Å²) in [5.74, 6) is -2.80. The summed E-state index contributed by atoms with van der Waals surface area (Å²) in [6.07, 6.45) is 4.29. The summed E-state index contributed by atoms with van der Waals surface area (Å²) in [7, 11) is 0. The van der Waals surface area contributed by atoms with Gasteiger partial charge in [-0.2, -0.15) is 0 Å². The normalized spacial score (nSPS) is 12.4. The number of nitrogens with one attached hydrogen (secondary N) is 1. The number of aromatic amines is 1. The number of benzene rings is 3. The molecule has 1 aromatic heterocycles. The Kier molecular flexibility index (Phi) is 7.26. The molecule has 1 N–H and O–H groups in total. The number of aryl methyl sites for hydroxylation is 1. The van der Waals surface area contributed by atoms with Crippen molar-refractivity contribution in [1.29, 1.82) is 0 Å². The largest absolute Gasteiger partial charge is 0.361 e. The quantitative estimate of drug-likeness (QED) is 0.247. The van der Waals surface area contributed by atoms with Crippen molar-refractivity contribution in [3.05, 3.63) is 106 Å². The first-order chi connectivity index (χ1) is 16.4. The monoisotopic (exact) mass is 458 g/mol. The number of hydrogen-bond donors (Lipinski definition) is 1. The highest BCUT2D eigenvalue weighted by molar-refractivity contribution is 5.98. The highest BCUT2D eigenvalue weighted by Crippen LogP contribution is 2.34. The van der Waals surface area contributed by atoms with Crippen molar-refractivity contribution in [2.24, 2.45) is 4.99 Å². The second-order valence-electron chi connectivity index (χ2n) is 8.85. The van der Waals surface area contributed by atoms with E-state index in [1.807, 2.05) is 37.3 Å². The zero-order chi connectivity index (χ0) is 24.1. The van der Waals surface area contributed by atoms with Crippen LogP contribution in [0.15, 0.2) is 77.9 Å². The molecule has 1 heterocycles. The van der Waals surface area contributed by atoms with Gasteiger partial charge in [-0.25, -0.2) is 8.78 Å². The van der Waals surface area contributed by atoms with E-state index in [0.717, 1.165) is 36.2 Å². The van der Waals surface area contributed by atoms with Crippen LogP contribution >= 0.6 is 0 Å². The maximum Gasteiger partial charge on any atom is 0.273 e. The van der Waals surface area contributed by atoms with Crippen LogP contribution in [-0.2, 0) is 25.2 Å². The van der Waals surface area contributed by atoms with Crippen molar-refractivity contribution in [3.8, 4) is 0 Å². The number of rotatable bonds is 9. The first-order valence-electron chi connectivity index (χ1n) is 12.1. The van der Waals surface area contributed by atoms with E-state index in [4.69, 9.17) is 4.99 Å². The molecular weight excluding hydrogens is 426 g/mol. The number of nitrogens with zero attached hydrogens (tertiary/aromatic N) is 1. The fourth-order valence-corrected chi connectivity index (χ4v) is 4.39. The third-order valence-corrected chi connectivity index (χ3v) is 6.59. The average Bonchev–Trinajstić information content (AvgIpc) is 3.26. The second-order valence-corrected chi connectivity index (χ2v) is 8.85. The van der Waals surface area contributed by atoms with Crippen LogP contribution < -0.4 is 0 Å². The molecule has 0 fully saturated rings. The summed E-state index contributed by atoms with van der Waals surface area (Å²) >= 11 is 0. The Balaban J connectivity index is 1.42. The summed E-state index contributed by atoms with van der Waals surface area (Å²) in [6.45, 7) is 6.44. The summed E-state index contributed by atoms with van der Waals surface area (Å²) in [6, 6.07) is 21.5. The van der Waals surface area contributed by atoms with Gasteiger partial charge in [0.2, 0.25) is 0 Å². The summed E-state index contributed by atoms with van der Waals surface area (Å²) in [4.78, 5) is 8.15. The lowest BCUT2D eigenvalue weighted by atomic mass is 9.94. The van der Waals surface area contributed by atoms with Crippen LogP contribution in [-0.4, -0.2) is 17.2 Å². The maximum atomic E-state index is 14.3. The van der Waals surface area contributed by atoms with E-state index in [0.29, 0.717) is 12.0 Å². The summed E-state index contributed by atoms with van der Waals surface area (Å²) in [5.41, 5.74) is 7.67. The first-order valence-corrected chi connectivity index (χ1v) is 12.1. The van der Waals surface area contributed by atoms with Gasteiger partial charge in [0.1, 0.15) is 0 Å². The van der Waals surface area contributed by atoms with E-state index < -0.39 is 5.92 Å². The third kappa shape index (κ3) is 5.27. The Morgan fingerprint density at radius 3 is 2.38 bits per heavy atom. The minimum Gasteiger partial charge on any atom is -0.361 e. The smallest absolute Gasteiger partial charge is 0.273 e. The van der Waals surface area contributed by atoms with Gasteiger partial charge in [-0.1, -0.05) is 68.4 Å². The number of hydrogen-bond acceptors (Lipinski definition) is 1. The first kappa shape index (κ1) is 23.9. The van der Waals surface area contributed by atoms with Crippen molar-refractivity contribution in [2.45, 2.75) is 52.4 Å². The fraction of sp³-hybridized carbons (Fsp3) is 0.300. The van der Waals surface area contributed by atoms with Gasteiger partial charge in [0, 0.05) is 41.3 Å². The van der Waals surface area contributed by atoms with E-state index in [-0.39, 0.29) is 12.0 Å². The maximum absolute atomic E-state index is 14.3. The van der Waals surface area contributed by atoms with Gasteiger partial charge in [-0.05, 0) is 66.1 Å². The molecule has 0 saturated carbocycles. The number of fused-ring (bicyclic) bond motifs is 1. The molecule has 0 radical (unpaired) electrons. The van der Waals surface area contributed by atoms with Crippen molar-refractivity contribution in [3.63, 3.8) is 0 Å². The molecule has 0 bridgehead atoms. The zero-order valence-electron chi connectivity index (χ0n) is 20.2. The lowest BCUT2D eigenvalue weighted by Gasteiger charge is -2.18. The number of alkyl halides is 2. The molecule has 2 nitrogen and oxygen atoms in total. The standard InChI is InChI=1S/C30H32F2N2/c1-4-22-12-15-29-27(19-22)26(20-34-29)16-17-33-21(3)24-13-10-23(11-14-24)18-25-8-6-7-9-28(25)30(31,32)5-2/h6-15,19-20,34H,4-5,16-18H2,1-3H3. The zero-order valence-corrected chi connectivity index (χ0v) is 20.2. The van der Waals surface area contributed by atoms with Gasteiger partial charge in [0.25, 0.3) is 5.92 Å². The molecule has 4 heteroatoms. The van der Waals surface area contributed by atoms with Crippen LogP contribution in [0.4, 0.5) is 8.78 Å². The van der Waals surface area contributed by atoms with Crippen molar-refractivity contribution >= 4 is 16.6 Å². The molecule has 0 saturated heterocycles. The van der Waals surface area contributed by atoms with Gasteiger partial charge in [0.05, 0.1) is 0 Å². The van der Waals surface area contributed by atoms with E-state index in [2.05, 4.69) is 36.3 Å². The van der Waals surface area contributed by atoms with Gasteiger partial charge in [-0.3, -0.25) is 4.99 Å². The highest BCUT2D eigenvalue weighted by Gasteiger charge is 2.31. The fourth-order valence-electron chi connectivity index (χ4n) is 4.39. The lowest BCUT2D eigenvalue weighted by Crippen LogP contribution is -2.14. The molecule has 0 unspecified atom stereocenters. The predicted molar refractivity (Wildman–Crippen MR) is 138 cm³/mol. The molecule has 0 spiro atoms. The van der Waals surface area contributed by atoms with Crippen molar-refractivity contribution in [2.75, 3.05) is 6.54 Å². The predicted octanol–water partition coefficient (Wildman–Crippen LogP) is 7.87. The Morgan fingerprint density at radius 2 is 1.65 bits per heavy atom.